The molecule has 1 N–H and O–H groups in total. The number of nitrogens with one attached hydrogen (secondary N) is 1. The first-order valence-electron chi connectivity index (χ1n) is 7.24. The summed E-state index contributed by atoms with van der Waals surface area (Å²) in [5, 5.41) is 4.48. The molecular formula is C17H24N2O. The van der Waals surface area contributed by atoms with Gasteiger partial charge in [-0.2, -0.15) is 0 Å². The molecule has 0 saturated heterocycles. The van der Waals surface area contributed by atoms with Crippen LogP contribution >= 0.6 is 0 Å². The Bertz CT molecular complexity index is 578. The van der Waals surface area contributed by atoms with Crippen LogP contribution in [0.2, 0.25) is 0 Å². The molecule has 3 nitrogen and oxygen atoms in total. The van der Waals surface area contributed by atoms with E-state index < -0.39 is 0 Å². The van der Waals surface area contributed by atoms with Crippen molar-refractivity contribution in [3.8, 4) is 0 Å². The molecule has 0 bridgehead atoms. The van der Waals surface area contributed by atoms with Gasteiger partial charge >= 0.3 is 0 Å². The number of para-hydroxylation sites is 1. The number of benzene rings is 1. The van der Waals surface area contributed by atoms with Crippen LogP contribution in [0.3, 0.4) is 0 Å². The molecule has 0 aliphatic rings. The Kier molecular flexibility index (Phi) is 4.96. The van der Waals surface area contributed by atoms with Crippen LogP contribution in [0.25, 0.3) is 10.9 Å². The maximum absolute atomic E-state index is 5.20. The number of aromatic nitrogens is 1. The smallest absolute Gasteiger partial charge is 0.0758 e. The van der Waals surface area contributed by atoms with E-state index in [2.05, 4.69) is 43.4 Å². The fourth-order valence-electron chi connectivity index (χ4n) is 2.50. The number of ether oxygens (including phenoxy) is 1. The van der Waals surface area contributed by atoms with Gasteiger partial charge in [0.1, 0.15) is 0 Å². The van der Waals surface area contributed by atoms with Crippen LogP contribution in [-0.2, 0) is 17.6 Å². The van der Waals surface area contributed by atoms with Crippen molar-refractivity contribution in [1.29, 1.82) is 0 Å². The summed E-state index contributed by atoms with van der Waals surface area (Å²) >= 11 is 0. The molecule has 0 unspecified atom stereocenters. The van der Waals surface area contributed by atoms with Gasteiger partial charge in [0.2, 0.25) is 0 Å². The summed E-state index contributed by atoms with van der Waals surface area (Å²) < 4.78 is 5.20. The zero-order valence-corrected chi connectivity index (χ0v) is 12.9. The predicted molar refractivity (Wildman–Crippen MR) is 85.4 cm³/mol. The van der Waals surface area contributed by atoms with Gasteiger partial charge in [-0.3, -0.25) is 4.98 Å². The lowest BCUT2D eigenvalue weighted by atomic mass is 10.0. The minimum absolute atomic E-state index is 0.607. The van der Waals surface area contributed by atoms with Gasteiger partial charge in [0.05, 0.1) is 12.1 Å². The SMILES string of the molecule is CNc1cc(CC(C)C)nc2c(CCOC)cccc12. The van der Waals surface area contributed by atoms with Crippen molar-refractivity contribution < 1.29 is 4.74 Å². The highest BCUT2D eigenvalue weighted by molar-refractivity contribution is 5.93. The van der Waals surface area contributed by atoms with Crippen LogP contribution in [0.15, 0.2) is 24.3 Å². The average Bonchev–Trinajstić information content (AvgIpc) is 2.43. The second kappa shape index (κ2) is 6.71. The molecule has 2 aromatic rings. The third-order valence-corrected chi connectivity index (χ3v) is 3.44. The molecule has 3 heteroatoms. The highest BCUT2D eigenvalue weighted by Gasteiger charge is 2.09. The Hall–Kier alpha value is -1.61. The summed E-state index contributed by atoms with van der Waals surface area (Å²) in [5.41, 5.74) is 4.67. The molecule has 0 aliphatic carbocycles. The first kappa shape index (κ1) is 14.8. The monoisotopic (exact) mass is 272 g/mol. The van der Waals surface area contributed by atoms with E-state index in [-0.39, 0.29) is 0 Å². The number of methoxy groups -OCH3 is 1. The van der Waals surface area contributed by atoms with Crippen LogP contribution in [0.1, 0.15) is 25.1 Å². The summed E-state index contributed by atoms with van der Waals surface area (Å²) in [6, 6.07) is 8.54. The normalized spacial score (nSPS) is 11.2. The first-order valence-corrected chi connectivity index (χ1v) is 7.24. The minimum atomic E-state index is 0.607. The van der Waals surface area contributed by atoms with E-state index in [1.807, 2.05) is 7.05 Å². The van der Waals surface area contributed by atoms with Crippen LogP contribution in [0, 0.1) is 5.92 Å². The maximum Gasteiger partial charge on any atom is 0.0758 e. The minimum Gasteiger partial charge on any atom is -0.388 e. The lowest BCUT2D eigenvalue weighted by Gasteiger charge is -2.13. The number of anilines is 1. The Morgan fingerprint density at radius 2 is 2.10 bits per heavy atom. The van der Waals surface area contributed by atoms with Gasteiger partial charge in [0.25, 0.3) is 0 Å². The molecule has 108 valence electrons. The fourth-order valence-corrected chi connectivity index (χ4v) is 2.50. The van der Waals surface area contributed by atoms with Crippen LogP contribution in [-0.4, -0.2) is 25.7 Å². The number of hydrogen-bond donors (Lipinski definition) is 1. The number of fused-ring (bicyclic) bond motifs is 1. The van der Waals surface area contributed by atoms with Gasteiger partial charge in [-0.25, -0.2) is 0 Å². The summed E-state index contributed by atoms with van der Waals surface area (Å²) in [6.45, 7) is 5.17. The van der Waals surface area contributed by atoms with E-state index in [0.29, 0.717) is 5.92 Å². The molecular weight excluding hydrogens is 248 g/mol. The van der Waals surface area contributed by atoms with Gasteiger partial charge in [0, 0.05) is 30.9 Å². The van der Waals surface area contributed by atoms with E-state index >= 15 is 0 Å². The highest BCUT2D eigenvalue weighted by Crippen LogP contribution is 2.26. The molecule has 20 heavy (non-hydrogen) atoms. The number of hydrogen-bond acceptors (Lipinski definition) is 3. The number of pyridine rings is 1. The van der Waals surface area contributed by atoms with Gasteiger partial charge in [-0.15, -0.1) is 0 Å². The molecule has 1 aromatic heterocycles. The maximum atomic E-state index is 5.20. The topological polar surface area (TPSA) is 34.2 Å². The van der Waals surface area contributed by atoms with E-state index in [0.717, 1.165) is 36.3 Å². The first-order chi connectivity index (χ1) is 9.65. The van der Waals surface area contributed by atoms with Crippen LogP contribution in [0.4, 0.5) is 5.69 Å². The summed E-state index contributed by atoms with van der Waals surface area (Å²) in [4.78, 5) is 4.88. The molecule has 0 amide bonds. The lowest BCUT2D eigenvalue weighted by Crippen LogP contribution is -2.03. The third-order valence-electron chi connectivity index (χ3n) is 3.44. The molecule has 0 radical (unpaired) electrons. The molecule has 1 heterocycles. The second-order valence-corrected chi connectivity index (χ2v) is 5.57. The number of nitrogens with zero attached hydrogens (tertiary/aromatic N) is 1. The van der Waals surface area contributed by atoms with E-state index in [1.54, 1.807) is 7.11 Å². The van der Waals surface area contributed by atoms with Crippen LogP contribution < -0.4 is 5.32 Å². The van der Waals surface area contributed by atoms with Crippen molar-refractivity contribution in [3.63, 3.8) is 0 Å². The van der Waals surface area contributed by atoms with E-state index in [4.69, 9.17) is 9.72 Å². The van der Waals surface area contributed by atoms with Gasteiger partial charge in [-0.1, -0.05) is 32.0 Å². The Morgan fingerprint density at radius 3 is 2.75 bits per heavy atom. The quantitative estimate of drug-likeness (QED) is 0.871. The van der Waals surface area contributed by atoms with Crippen molar-refractivity contribution in [2.24, 2.45) is 5.92 Å². The molecule has 0 fully saturated rings. The fraction of sp³-hybridized carbons (Fsp3) is 0.471. The standard InChI is InChI=1S/C17H24N2O/c1-12(2)10-14-11-16(18-3)15-7-5-6-13(8-9-20-4)17(15)19-14/h5-7,11-12H,8-10H2,1-4H3,(H,18,19). The van der Waals surface area contributed by atoms with E-state index in [9.17, 15) is 0 Å². The predicted octanol–water partition coefficient (Wildman–Crippen LogP) is 3.66. The molecule has 0 aliphatic heterocycles. The Labute approximate surface area is 121 Å². The molecule has 2 rings (SSSR count). The molecule has 0 spiro atoms. The summed E-state index contributed by atoms with van der Waals surface area (Å²) in [7, 11) is 3.71. The Balaban J connectivity index is 2.53. The van der Waals surface area contributed by atoms with Crippen molar-refractivity contribution in [2.45, 2.75) is 26.7 Å². The van der Waals surface area contributed by atoms with Crippen LogP contribution in [0.5, 0.6) is 0 Å². The zero-order valence-electron chi connectivity index (χ0n) is 12.9. The van der Waals surface area contributed by atoms with Gasteiger partial charge in [0.15, 0.2) is 0 Å². The average molecular weight is 272 g/mol. The van der Waals surface area contributed by atoms with Crippen molar-refractivity contribution >= 4 is 16.6 Å². The van der Waals surface area contributed by atoms with Gasteiger partial charge < -0.3 is 10.1 Å². The molecule has 0 saturated carbocycles. The molecule has 1 aromatic carbocycles. The summed E-state index contributed by atoms with van der Waals surface area (Å²) in [6.07, 6.45) is 1.90. The zero-order chi connectivity index (χ0) is 14.5. The van der Waals surface area contributed by atoms with Gasteiger partial charge in [-0.05, 0) is 30.4 Å². The number of rotatable bonds is 6. The second-order valence-electron chi connectivity index (χ2n) is 5.57. The molecule has 0 atom stereocenters. The van der Waals surface area contributed by atoms with E-state index in [1.165, 1.54) is 10.9 Å². The van der Waals surface area contributed by atoms with Crippen molar-refractivity contribution in [1.82, 2.24) is 4.98 Å². The lowest BCUT2D eigenvalue weighted by molar-refractivity contribution is 0.202. The van der Waals surface area contributed by atoms with Crippen molar-refractivity contribution in [2.75, 3.05) is 26.1 Å². The third kappa shape index (κ3) is 3.28. The largest absolute Gasteiger partial charge is 0.388 e. The highest BCUT2D eigenvalue weighted by atomic mass is 16.5. The Morgan fingerprint density at radius 1 is 1.30 bits per heavy atom. The summed E-state index contributed by atoms with van der Waals surface area (Å²) in [5.74, 6) is 0.607. The van der Waals surface area contributed by atoms with Crippen molar-refractivity contribution in [3.05, 3.63) is 35.5 Å².